The van der Waals surface area contributed by atoms with Crippen LogP contribution in [0, 0.1) is 23.7 Å². The van der Waals surface area contributed by atoms with Gasteiger partial charge in [0.25, 0.3) is 0 Å². The molecule has 5 atom stereocenters. The number of hydrogen-bond donors (Lipinski definition) is 1. The van der Waals surface area contributed by atoms with Crippen LogP contribution in [0.2, 0.25) is 0 Å². The number of amides is 1. The summed E-state index contributed by atoms with van der Waals surface area (Å²) in [6, 6.07) is 14.8. The Bertz CT molecular complexity index is 893. The summed E-state index contributed by atoms with van der Waals surface area (Å²) in [7, 11) is 0. The molecule has 138 valence electrons. The number of benzene rings is 2. The Kier molecular flexibility index (Phi) is 3.97. The van der Waals surface area contributed by atoms with Crippen molar-refractivity contribution < 1.29 is 19.1 Å². The minimum atomic E-state index is -0.264. The summed E-state index contributed by atoms with van der Waals surface area (Å²) in [6.45, 7) is 0. The molecule has 2 aromatic carbocycles. The third kappa shape index (κ3) is 2.92. The van der Waals surface area contributed by atoms with Crippen molar-refractivity contribution in [1.29, 1.82) is 0 Å². The Morgan fingerprint density at radius 3 is 2.41 bits per heavy atom. The van der Waals surface area contributed by atoms with E-state index < -0.39 is 0 Å². The van der Waals surface area contributed by atoms with Gasteiger partial charge in [0.05, 0.1) is 11.8 Å². The summed E-state index contributed by atoms with van der Waals surface area (Å²) in [5.41, 5.74) is 0.703. The molecule has 6 heteroatoms. The SMILES string of the molecule is O=C(Nc1ccc(Oc2ccc(Br)cc2)cc1)[C@@H]1[C@@H]2C[C@H]3[C@H]1C(=O)O[C@@H]3C2. The van der Waals surface area contributed by atoms with E-state index in [1.165, 1.54) is 0 Å². The Hall–Kier alpha value is -2.34. The third-order valence-electron chi connectivity index (χ3n) is 5.96. The molecule has 1 heterocycles. The van der Waals surface area contributed by atoms with Gasteiger partial charge in [-0.05, 0) is 67.3 Å². The Labute approximate surface area is 165 Å². The Morgan fingerprint density at radius 2 is 1.70 bits per heavy atom. The lowest BCUT2D eigenvalue weighted by Crippen LogP contribution is -2.35. The smallest absolute Gasteiger partial charge is 0.310 e. The highest BCUT2D eigenvalue weighted by atomic mass is 79.9. The number of halogens is 1. The van der Waals surface area contributed by atoms with Crippen LogP contribution in [0.25, 0.3) is 0 Å². The molecule has 0 radical (unpaired) electrons. The maximum absolute atomic E-state index is 12.8. The molecular formula is C21H18BrNO4. The lowest BCUT2D eigenvalue weighted by Gasteiger charge is -2.23. The lowest BCUT2D eigenvalue weighted by atomic mass is 9.79. The van der Waals surface area contributed by atoms with E-state index in [9.17, 15) is 9.59 Å². The second-order valence-electron chi connectivity index (χ2n) is 7.49. The summed E-state index contributed by atoms with van der Waals surface area (Å²) in [5, 5.41) is 2.96. The first-order valence-electron chi connectivity index (χ1n) is 9.13. The van der Waals surface area contributed by atoms with E-state index in [1.807, 2.05) is 48.5 Å². The molecule has 27 heavy (non-hydrogen) atoms. The number of ether oxygens (including phenoxy) is 2. The van der Waals surface area contributed by atoms with Gasteiger partial charge in [0.1, 0.15) is 17.6 Å². The zero-order valence-electron chi connectivity index (χ0n) is 14.4. The van der Waals surface area contributed by atoms with E-state index >= 15 is 0 Å². The van der Waals surface area contributed by atoms with Gasteiger partial charge >= 0.3 is 5.97 Å². The highest BCUT2D eigenvalue weighted by Crippen LogP contribution is 2.57. The van der Waals surface area contributed by atoms with Crippen LogP contribution in [0.15, 0.2) is 53.0 Å². The van der Waals surface area contributed by atoms with Crippen LogP contribution in [-0.2, 0) is 14.3 Å². The zero-order valence-corrected chi connectivity index (χ0v) is 16.0. The number of rotatable bonds is 4. The molecule has 1 aliphatic heterocycles. The minimum absolute atomic E-state index is 0.0478. The number of carbonyl (C=O) groups excluding carboxylic acids is 2. The van der Waals surface area contributed by atoms with Gasteiger partial charge in [0.2, 0.25) is 5.91 Å². The molecule has 0 spiro atoms. The average molecular weight is 428 g/mol. The van der Waals surface area contributed by atoms with Gasteiger partial charge in [-0.3, -0.25) is 9.59 Å². The minimum Gasteiger partial charge on any atom is -0.462 e. The Morgan fingerprint density at radius 1 is 1.04 bits per heavy atom. The molecule has 1 amide bonds. The van der Waals surface area contributed by atoms with E-state index in [-0.39, 0.29) is 41.7 Å². The zero-order chi connectivity index (χ0) is 18.5. The Balaban J connectivity index is 1.25. The summed E-state index contributed by atoms with van der Waals surface area (Å²) < 4.78 is 12.2. The molecule has 2 bridgehead atoms. The number of esters is 1. The van der Waals surface area contributed by atoms with Crippen molar-refractivity contribution in [3.05, 3.63) is 53.0 Å². The van der Waals surface area contributed by atoms with Crippen molar-refractivity contribution in [1.82, 2.24) is 0 Å². The average Bonchev–Trinajstić information content (AvgIpc) is 3.27. The second-order valence-corrected chi connectivity index (χ2v) is 8.41. The molecular weight excluding hydrogens is 410 g/mol. The lowest BCUT2D eigenvalue weighted by molar-refractivity contribution is -0.145. The van der Waals surface area contributed by atoms with Crippen molar-refractivity contribution in [3.8, 4) is 11.5 Å². The van der Waals surface area contributed by atoms with Gasteiger partial charge in [0, 0.05) is 16.1 Å². The van der Waals surface area contributed by atoms with Gasteiger partial charge in [-0.1, -0.05) is 15.9 Å². The molecule has 1 N–H and O–H groups in total. The van der Waals surface area contributed by atoms with Crippen LogP contribution in [-0.4, -0.2) is 18.0 Å². The highest BCUT2D eigenvalue weighted by Gasteiger charge is 2.63. The van der Waals surface area contributed by atoms with Crippen molar-refractivity contribution >= 4 is 33.5 Å². The van der Waals surface area contributed by atoms with E-state index in [4.69, 9.17) is 9.47 Å². The first kappa shape index (κ1) is 16.8. The molecule has 0 aromatic heterocycles. The van der Waals surface area contributed by atoms with Crippen molar-refractivity contribution in [2.75, 3.05) is 5.32 Å². The van der Waals surface area contributed by atoms with Crippen LogP contribution < -0.4 is 10.1 Å². The van der Waals surface area contributed by atoms with E-state index in [0.717, 1.165) is 23.1 Å². The van der Waals surface area contributed by atoms with Crippen molar-refractivity contribution in [2.24, 2.45) is 23.7 Å². The van der Waals surface area contributed by atoms with Gasteiger partial charge in [-0.2, -0.15) is 0 Å². The molecule has 5 rings (SSSR count). The van der Waals surface area contributed by atoms with Gasteiger partial charge < -0.3 is 14.8 Å². The number of anilines is 1. The maximum Gasteiger partial charge on any atom is 0.310 e. The fraction of sp³-hybridized carbons (Fsp3) is 0.333. The predicted octanol–water partition coefficient (Wildman–Crippen LogP) is 4.38. The third-order valence-corrected chi connectivity index (χ3v) is 6.49. The maximum atomic E-state index is 12.8. The molecule has 2 aliphatic carbocycles. The van der Waals surface area contributed by atoms with E-state index in [0.29, 0.717) is 11.4 Å². The molecule has 1 saturated heterocycles. The number of carbonyl (C=O) groups is 2. The highest BCUT2D eigenvalue weighted by molar-refractivity contribution is 9.10. The van der Waals surface area contributed by atoms with Crippen LogP contribution in [0.1, 0.15) is 12.8 Å². The van der Waals surface area contributed by atoms with Gasteiger partial charge in [-0.15, -0.1) is 0 Å². The molecule has 0 unspecified atom stereocenters. The molecule has 2 aromatic rings. The fourth-order valence-electron chi connectivity index (χ4n) is 4.83. The summed E-state index contributed by atoms with van der Waals surface area (Å²) in [6.07, 6.45) is 1.80. The molecule has 2 saturated carbocycles. The predicted molar refractivity (Wildman–Crippen MR) is 102 cm³/mol. The van der Waals surface area contributed by atoms with Crippen LogP contribution >= 0.6 is 15.9 Å². The fourth-order valence-corrected chi connectivity index (χ4v) is 5.10. The van der Waals surface area contributed by atoms with Crippen LogP contribution in [0.4, 0.5) is 5.69 Å². The van der Waals surface area contributed by atoms with Gasteiger partial charge in [-0.25, -0.2) is 0 Å². The first-order valence-corrected chi connectivity index (χ1v) is 9.92. The van der Waals surface area contributed by atoms with E-state index in [2.05, 4.69) is 21.2 Å². The normalized spacial score (nSPS) is 30.3. The summed E-state index contributed by atoms with van der Waals surface area (Å²) in [4.78, 5) is 24.9. The second kappa shape index (κ2) is 6.37. The van der Waals surface area contributed by atoms with E-state index in [1.54, 1.807) is 0 Å². The van der Waals surface area contributed by atoms with Crippen LogP contribution in [0.5, 0.6) is 11.5 Å². The molecule has 5 nitrogen and oxygen atoms in total. The molecule has 3 aliphatic rings. The number of nitrogens with one attached hydrogen (secondary N) is 1. The summed E-state index contributed by atoms with van der Waals surface area (Å²) in [5.74, 6) is 1.14. The number of fused-ring (bicyclic) bond motifs is 1. The summed E-state index contributed by atoms with van der Waals surface area (Å²) >= 11 is 3.39. The topological polar surface area (TPSA) is 64.6 Å². The quantitative estimate of drug-likeness (QED) is 0.735. The standard InChI is InChI=1S/C21H18BrNO4/c22-12-1-5-14(6-2-12)26-15-7-3-13(4-8-15)23-20(24)18-11-9-16-17(10-11)27-21(25)19(16)18/h1-8,11,16-19H,9-10H2,(H,23,24)/t11-,16-,17-,18-,19-/m1/s1. The van der Waals surface area contributed by atoms with Crippen molar-refractivity contribution in [3.63, 3.8) is 0 Å². The van der Waals surface area contributed by atoms with Gasteiger partial charge in [0.15, 0.2) is 0 Å². The monoisotopic (exact) mass is 427 g/mol. The molecule has 3 fully saturated rings. The van der Waals surface area contributed by atoms with Crippen LogP contribution in [0.3, 0.4) is 0 Å². The van der Waals surface area contributed by atoms with Crippen molar-refractivity contribution in [2.45, 2.75) is 18.9 Å². The first-order chi connectivity index (χ1) is 13.1. The largest absolute Gasteiger partial charge is 0.462 e. The number of hydrogen-bond acceptors (Lipinski definition) is 4.